The molecule has 0 aromatic rings. The fourth-order valence-corrected chi connectivity index (χ4v) is 0.718. The van der Waals surface area contributed by atoms with Crippen LogP contribution in [-0.4, -0.2) is 5.97 Å². The zero-order valence-corrected chi connectivity index (χ0v) is 9.85. The number of carbonyl (C=O) groups excluding carboxylic acids is 1. The van der Waals surface area contributed by atoms with Crippen LogP contribution in [0.5, 0.6) is 0 Å². The SMILES string of the molecule is C=C(C)C(=O)OC=CC=CC=CC=CCC. The van der Waals surface area contributed by atoms with Crippen LogP contribution in [0.2, 0.25) is 0 Å². The molecule has 0 aliphatic rings. The van der Waals surface area contributed by atoms with Gasteiger partial charge in [-0.05, 0) is 19.4 Å². The topological polar surface area (TPSA) is 26.3 Å². The van der Waals surface area contributed by atoms with E-state index in [9.17, 15) is 4.79 Å². The average molecular weight is 218 g/mol. The summed E-state index contributed by atoms with van der Waals surface area (Å²) in [5.74, 6) is -0.411. The molecule has 0 saturated heterocycles. The van der Waals surface area contributed by atoms with Crippen molar-refractivity contribution in [1.29, 1.82) is 0 Å². The zero-order chi connectivity index (χ0) is 12.2. The summed E-state index contributed by atoms with van der Waals surface area (Å²) >= 11 is 0. The molecule has 86 valence electrons. The van der Waals surface area contributed by atoms with E-state index >= 15 is 0 Å². The average Bonchev–Trinajstić information content (AvgIpc) is 2.26. The molecule has 0 spiro atoms. The number of rotatable bonds is 6. The van der Waals surface area contributed by atoms with Gasteiger partial charge < -0.3 is 4.74 Å². The molecule has 0 unspecified atom stereocenters. The Bertz CT molecular complexity index is 331. The van der Waals surface area contributed by atoms with Crippen molar-refractivity contribution in [2.45, 2.75) is 20.3 Å². The van der Waals surface area contributed by atoms with Gasteiger partial charge in [0, 0.05) is 5.57 Å². The summed E-state index contributed by atoms with van der Waals surface area (Å²) in [6.45, 7) is 7.15. The molecular weight excluding hydrogens is 200 g/mol. The number of carbonyl (C=O) groups is 1. The summed E-state index contributed by atoms with van der Waals surface area (Å²) in [4.78, 5) is 10.9. The summed E-state index contributed by atoms with van der Waals surface area (Å²) in [7, 11) is 0. The van der Waals surface area contributed by atoms with Gasteiger partial charge in [-0.2, -0.15) is 0 Å². The lowest BCUT2D eigenvalue weighted by atomic mass is 10.3. The van der Waals surface area contributed by atoms with Crippen LogP contribution in [0.3, 0.4) is 0 Å². The van der Waals surface area contributed by atoms with Crippen molar-refractivity contribution < 1.29 is 9.53 Å². The largest absolute Gasteiger partial charge is 0.431 e. The van der Waals surface area contributed by atoms with Crippen molar-refractivity contribution >= 4 is 5.97 Å². The second-order valence-corrected chi connectivity index (χ2v) is 3.12. The zero-order valence-electron chi connectivity index (χ0n) is 9.85. The molecule has 0 amide bonds. The van der Waals surface area contributed by atoms with Gasteiger partial charge >= 0.3 is 5.97 Å². The molecule has 0 aromatic carbocycles. The fraction of sp³-hybridized carbons (Fsp3) is 0.214. The second-order valence-electron chi connectivity index (χ2n) is 3.12. The van der Waals surface area contributed by atoms with Gasteiger partial charge in [-0.1, -0.05) is 50.0 Å². The summed E-state index contributed by atoms with van der Waals surface area (Å²) in [5, 5.41) is 0. The molecule has 0 fully saturated rings. The van der Waals surface area contributed by atoms with Crippen LogP contribution in [0.1, 0.15) is 20.3 Å². The van der Waals surface area contributed by atoms with E-state index in [4.69, 9.17) is 4.74 Å². The van der Waals surface area contributed by atoms with Crippen LogP contribution in [0.25, 0.3) is 0 Å². The standard InChI is InChI=1S/C14H18O2/c1-4-5-6-7-8-9-10-11-12-16-14(15)13(2)3/h5-12H,2,4H2,1,3H3. The monoisotopic (exact) mass is 218 g/mol. The van der Waals surface area contributed by atoms with Crippen LogP contribution in [0.4, 0.5) is 0 Å². The van der Waals surface area contributed by atoms with Gasteiger partial charge in [0.25, 0.3) is 0 Å². The predicted octanol–water partition coefficient (Wildman–Crippen LogP) is 3.70. The van der Waals surface area contributed by atoms with Gasteiger partial charge in [-0.25, -0.2) is 4.79 Å². The van der Waals surface area contributed by atoms with Crippen LogP contribution in [0.15, 0.2) is 60.9 Å². The van der Waals surface area contributed by atoms with Crippen molar-refractivity contribution in [1.82, 2.24) is 0 Å². The van der Waals surface area contributed by atoms with E-state index < -0.39 is 5.97 Å². The van der Waals surface area contributed by atoms with Crippen molar-refractivity contribution in [2.24, 2.45) is 0 Å². The normalized spacial score (nSPS) is 12.1. The Hall–Kier alpha value is -1.83. The third kappa shape index (κ3) is 8.75. The number of allylic oxidation sites excluding steroid dienone is 7. The van der Waals surface area contributed by atoms with Crippen molar-refractivity contribution in [3.63, 3.8) is 0 Å². The van der Waals surface area contributed by atoms with Gasteiger partial charge in [0.05, 0.1) is 6.26 Å². The summed E-state index contributed by atoms with van der Waals surface area (Å²) in [6, 6.07) is 0. The molecule has 0 radical (unpaired) electrons. The maximum absolute atomic E-state index is 10.9. The first-order valence-electron chi connectivity index (χ1n) is 5.20. The van der Waals surface area contributed by atoms with Crippen LogP contribution in [0, 0.1) is 0 Å². The van der Waals surface area contributed by atoms with Crippen LogP contribution >= 0.6 is 0 Å². The lowest BCUT2D eigenvalue weighted by molar-refractivity contribution is -0.133. The number of ether oxygens (including phenoxy) is 1. The fourth-order valence-electron chi connectivity index (χ4n) is 0.718. The highest BCUT2D eigenvalue weighted by Crippen LogP contribution is 1.92. The maximum Gasteiger partial charge on any atom is 0.337 e. The molecule has 0 aliphatic heterocycles. The van der Waals surface area contributed by atoms with Crippen molar-refractivity contribution in [2.75, 3.05) is 0 Å². The van der Waals surface area contributed by atoms with Gasteiger partial charge in [-0.3, -0.25) is 0 Å². The molecule has 0 rings (SSSR count). The van der Waals surface area contributed by atoms with E-state index in [1.807, 2.05) is 24.3 Å². The summed E-state index contributed by atoms with van der Waals surface area (Å²) < 4.78 is 4.74. The molecule has 0 atom stereocenters. The molecule has 16 heavy (non-hydrogen) atoms. The van der Waals surface area contributed by atoms with Gasteiger partial charge in [0.15, 0.2) is 0 Å². The third-order valence-corrected chi connectivity index (χ3v) is 1.53. The molecule has 0 saturated carbocycles. The van der Waals surface area contributed by atoms with Gasteiger partial charge in [-0.15, -0.1) is 0 Å². The molecule has 0 N–H and O–H groups in total. The van der Waals surface area contributed by atoms with E-state index in [1.165, 1.54) is 6.26 Å². The van der Waals surface area contributed by atoms with Gasteiger partial charge in [0.2, 0.25) is 0 Å². The van der Waals surface area contributed by atoms with E-state index in [0.717, 1.165) is 6.42 Å². The lowest BCUT2D eigenvalue weighted by Gasteiger charge is -1.94. The van der Waals surface area contributed by atoms with Gasteiger partial charge in [0.1, 0.15) is 0 Å². The van der Waals surface area contributed by atoms with E-state index in [-0.39, 0.29) is 0 Å². The highest BCUT2D eigenvalue weighted by molar-refractivity contribution is 5.87. The van der Waals surface area contributed by atoms with Crippen LogP contribution < -0.4 is 0 Å². The molecule has 0 bridgehead atoms. The maximum atomic E-state index is 10.9. The Balaban J connectivity index is 3.79. The van der Waals surface area contributed by atoms with E-state index in [2.05, 4.69) is 19.6 Å². The molecule has 2 nitrogen and oxygen atoms in total. The first-order chi connectivity index (χ1) is 7.68. The molecule has 0 aromatic heterocycles. The molecule has 0 heterocycles. The Labute approximate surface area is 97.3 Å². The molecular formula is C14H18O2. The Morgan fingerprint density at radius 2 is 1.69 bits per heavy atom. The van der Waals surface area contributed by atoms with Crippen LogP contribution in [-0.2, 0) is 9.53 Å². The smallest absolute Gasteiger partial charge is 0.337 e. The van der Waals surface area contributed by atoms with E-state index in [0.29, 0.717) is 5.57 Å². The number of hydrogen-bond acceptors (Lipinski definition) is 2. The molecule has 0 aliphatic carbocycles. The predicted molar refractivity (Wildman–Crippen MR) is 67.8 cm³/mol. The third-order valence-electron chi connectivity index (χ3n) is 1.53. The highest BCUT2D eigenvalue weighted by atomic mass is 16.5. The first kappa shape index (κ1) is 14.2. The molecule has 2 heteroatoms. The highest BCUT2D eigenvalue weighted by Gasteiger charge is 1.97. The van der Waals surface area contributed by atoms with Crippen molar-refractivity contribution in [3.05, 3.63) is 60.9 Å². The number of hydrogen-bond donors (Lipinski definition) is 0. The Kier molecular flexibility index (Phi) is 8.60. The lowest BCUT2D eigenvalue weighted by Crippen LogP contribution is -1.98. The minimum absolute atomic E-state index is 0.387. The Morgan fingerprint density at radius 1 is 1.12 bits per heavy atom. The first-order valence-corrected chi connectivity index (χ1v) is 5.20. The quantitative estimate of drug-likeness (QED) is 0.294. The van der Waals surface area contributed by atoms with Crippen molar-refractivity contribution in [3.8, 4) is 0 Å². The van der Waals surface area contributed by atoms with E-state index in [1.54, 1.807) is 19.1 Å². The minimum Gasteiger partial charge on any atom is -0.431 e. The Morgan fingerprint density at radius 3 is 2.25 bits per heavy atom. The summed E-state index contributed by atoms with van der Waals surface area (Å²) in [6.07, 6.45) is 15.5. The minimum atomic E-state index is -0.411. The number of esters is 1. The summed E-state index contributed by atoms with van der Waals surface area (Å²) in [5.41, 5.74) is 0.387. The second kappa shape index (κ2) is 9.71.